The molecular weight excluding hydrogens is 330 g/mol. The summed E-state index contributed by atoms with van der Waals surface area (Å²) in [5.74, 6) is 1.05. The summed E-state index contributed by atoms with van der Waals surface area (Å²) < 4.78 is 6.36. The molecule has 3 nitrogen and oxygen atoms in total. The fourth-order valence-corrected chi connectivity index (χ4v) is 2.92. The number of ether oxygens (including phenoxy) is 1. The summed E-state index contributed by atoms with van der Waals surface area (Å²) in [7, 11) is 0. The Bertz CT molecular complexity index is 697. The van der Waals surface area contributed by atoms with E-state index in [1.807, 2.05) is 18.2 Å². The SMILES string of the molecule is Nc1ccc(Br)cc1C(=O)CCc1ccc2c(c1)CCO2. The Kier molecular flexibility index (Phi) is 3.97. The van der Waals surface area contributed by atoms with E-state index in [-0.39, 0.29) is 5.78 Å². The Morgan fingerprint density at radius 3 is 2.95 bits per heavy atom. The summed E-state index contributed by atoms with van der Waals surface area (Å²) in [5.41, 5.74) is 9.40. The molecule has 0 atom stereocenters. The van der Waals surface area contributed by atoms with Gasteiger partial charge in [0.1, 0.15) is 5.75 Å². The van der Waals surface area contributed by atoms with Crippen LogP contribution in [0.25, 0.3) is 0 Å². The topological polar surface area (TPSA) is 52.3 Å². The van der Waals surface area contributed by atoms with Crippen LogP contribution >= 0.6 is 15.9 Å². The number of Topliss-reactive ketones (excluding diaryl/α,β-unsaturated/α-hetero) is 1. The summed E-state index contributed by atoms with van der Waals surface area (Å²) in [6, 6.07) is 11.5. The largest absolute Gasteiger partial charge is 0.493 e. The zero-order chi connectivity index (χ0) is 14.8. The van der Waals surface area contributed by atoms with Gasteiger partial charge in [-0.25, -0.2) is 0 Å². The first-order chi connectivity index (χ1) is 10.1. The molecule has 4 heteroatoms. The van der Waals surface area contributed by atoms with Gasteiger partial charge in [0.15, 0.2) is 5.78 Å². The van der Waals surface area contributed by atoms with Crippen LogP contribution in [0.1, 0.15) is 27.9 Å². The molecule has 1 heterocycles. The average Bonchev–Trinajstić information content (AvgIpc) is 2.94. The molecule has 0 saturated heterocycles. The first kappa shape index (κ1) is 14.1. The number of nitrogen functional groups attached to an aromatic ring is 1. The predicted molar refractivity (Wildman–Crippen MR) is 86.8 cm³/mol. The van der Waals surface area contributed by atoms with E-state index in [2.05, 4.69) is 22.0 Å². The average molecular weight is 346 g/mol. The quantitative estimate of drug-likeness (QED) is 0.677. The van der Waals surface area contributed by atoms with Crippen LogP contribution in [0.5, 0.6) is 5.75 Å². The Balaban J connectivity index is 1.70. The van der Waals surface area contributed by atoms with Crippen LogP contribution in [-0.2, 0) is 12.8 Å². The molecule has 0 unspecified atom stereocenters. The van der Waals surface area contributed by atoms with Crippen molar-refractivity contribution in [3.05, 3.63) is 57.6 Å². The summed E-state index contributed by atoms with van der Waals surface area (Å²) in [6.45, 7) is 0.756. The van der Waals surface area contributed by atoms with Gasteiger partial charge in [0.25, 0.3) is 0 Å². The lowest BCUT2D eigenvalue weighted by Crippen LogP contribution is -2.05. The van der Waals surface area contributed by atoms with Gasteiger partial charge in [-0.15, -0.1) is 0 Å². The van der Waals surface area contributed by atoms with E-state index < -0.39 is 0 Å². The molecule has 21 heavy (non-hydrogen) atoms. The highest BCUT2D eigenvalue weighted by Crippen LogP contribution is 2.27. The van der Waals surface area contributed by atoms with E-state index in [4.69, 9.17) is 10.5 Å². The van der Waals surface area contributed by atoms with Crippen molar-refractivity contribution in [3.8, 4) is 5.75 Å². The van der Waals surface area contributed by atoms with Gasteiger partial charge in [0, 0.05) is 28.6 Å². The third kappa shape index (κ3) is 3.10. The molecule has 1 aliphatic rings. The van der Waals surface area contributed by atoms with Crippen molar-refractivity contribution in [2.45, 2.75) is 19.3 Å². The number of nitrogens with two attached hydrogens (primary N) is 1. The second-order valence-electron chi connectivity index (χ2n) is 5.20. The monoisotopic (exact) mass is 345 g/mol. The van der Waals surface area contributed by atoms with Crippen molar-refractivity contribution in [3.63, 3.8) is 0 Å². The van der Waals surface area contributed by atoms with Crippen molar-refractivity contribution >= 4 is 27.4 Å². The number of carbonyl (C=O) groups excluding carboxylic acids is 1. The molecule has 2 aromatic carbocycles. The van der Waals surface area contributed by atoms with Crippen LogP contribution in [0.3, 0.4) is 0 Å². The maximum Gasteiger partial charge on any atom is 0.165 e. The highest BCUT2D eigenvalue weighted by atomic mass is 79.9. The summed E-state index contributed by atoms with van der Waals surface area (Å²) in [4.78, 5) is 12.3. The second kappa shape index (κ2) is 5.90. The second-order valence-corrected chi connectivity index (χ2v) is 6.11. The van der Waals surface area contributed by atoms with Gasteiger partial charge in [0.2, 0.25) is 0 Å². The highest BCUT2D eigenvalue weighted by molar-refractivity contribution is 9.10. The van der Waals surface area contributed by atoms with Crippen molar-refractivity contribution in [1.29, 1.82) is 0 Å². The zero-order valence-electron chi connectivity index (χ0n) is 11.6. The molecule has 0 aromatic heterocycles. The number of rotatable bonds is 4. The number of benzene rings is 2. The summed E-state index contributed by atoms with van der Waals surface area (Å²) in [6.07, 6.45) is 2.13. The molecule has 0 amide bonds. The number of halogens is 1. The van der Waals surface area contributed by atoms with Gasteiger partial charge < -0.3 is 10.5 Å². The number of hydrogen-bond acceptors (Lipinski definition) is 3. The molecule has 2 aromatic rings. The van der Waals surface area contributed by atoms with Gasteiger partial charge in [-0.1, -0.05) is 28.1 Å². The van der Waals surface area contributed by atoms with Gasteiger partial charge in [-0.3, -0.25) is 4.79 Å². The normalized spacial score (nSPS) is 12.8. The minimum Gasteiger partial charge on any atom is -0.493 e. The van der Waals surface area contributed by atoms with Gasteiger partial charge in [-0.2, -0.15) is 0 Å². The molecule has 0 bridgehead atoms. The number of aryl methyl sites for hydroxylation is 1. The third-order valence-electron chi connectivity index (χ3n) is 3.71. The van der Waals surface area contributed by atoms with Gasteiger partial charge in [0.05, 0.1) is 6.61 Å². The summed E-state index contributed by atoms with van der Waals surface area (Å²) in [5, 5.41) is 0. The maximum absolute atomic E-state index is 12.3. The van der Waals surface area contributed by atoms with Crippen LogP contribution < -0.4 is 10.5 Å². The van der Waals surface area contributed by atoms with Crippen molar-refractivity contribution < 1.29 is 9.53 Å². The van der Waals surface area contributed by atoms with Crippen LogP contribution in [-0.4, -0.2) is 12.4 Å². The summed E-state index contributed by atoms with van der Waals surface area (Å²) >= 11 is 3.37. The number of ketones is 1. The van der Waals surface area contributed by atoms with E-state index in [9.17, 15) is 4.79 Å². The number of anilines is 1. The predicted octanol–water partition coefficient (Wildman–Crippen LogP) is 3.78. The minimum atomic E-state index is 0.0746. The lowest BCUT2D eigenvalue weighted by molar-refractivity contribution is 0.0983. The van der Waals surface area contributed by atoms with E-state index in [0.717, 1.165) is 29.7 Å². The molecule has 1 aliphatic heterocycles. The first-order valence-corrected chi connectivity index (χ1v) is 7.75. The molecule has 0 saturated carbocycles. The van der Waals surface area contributed by atoms with E-state index in [1.54, 1.807) is 12.1 Å². The van der Waals surface area contributed by atoms with Crippen LogP contribution in [0, 0.1) is 0 Å². The highest BCUT2D eigenvalue weighted by Gasteiger charge is 2.14. The Labute approximate surface area is 132 Å². The molecular formula is C17H16BrNO2. The molecule has 3 rings (SSSR count). The molecule has 0 radical (unpaired) electrons. The Morgan fingerprint density at radius 2 is 2.10 bits per heavy atom. The molecule has 0 aliphatic carbocycles. The number of fused-ring (bicyclic) bond motifs is 1. The van der Waals surface area contributed by atoms with Gasteiger partial charge in [-0.05, 0) is 41.8 Å². The minimum absolute atomic E-state index is 0.0746. The Morgan fingerprint density at radius 1 is 1.24 bits per heavy atom. The maximum atomic E-state index is 12.3. The van der Waals surface area contributed by atoms with Crippen LogP contribution in [0.2, 0.25) is 0 Å². The van der Waals surface area contributed by atoms with Crippen LogP contribution in [0.4, 0.5) is 5.69 Å². The molecule has 2 N–H and O–H groups in total. The lowest BCUT2D eigenvalue weighted by Gasteiger charge is -2.07. The third-order valence-corrected chi connectivity index (χ3v) is 4.20. The van der Waals surface area contributed by atoms with Crippen LogP contribution in [0.15, 0.2) is 40.9 Å². The Hall–Kier alpha value is -1.81. The number of carbonyl (C=O) groups is 1. The fraction of sp³-hybridized carbons (Fsp3) is 0.235. The smallest absolute Gasteiger partial charge is 0.165 e. The van der Waals surface area contributed by atoms with Crippen molar-refractivity contribution in [1.82, 2.24) is 0 Å². The molecule has 0 spiro atoms. The van der Waals surface area contributed by atoms with Crippen molar-refractivity contribution in [2.24, 2.45) is 0 Å². The first-order valence-electron chi connectivity index (χ1n) is 6.96. The standard InChI is InChI=1S/C17H16BrNO2/c18-13-3-4-15(19)14(10-13)16(20)5-1-11-2-6-17-12(9-11)7-8-21-17/h2-4,6,9-10H,1,5,7-8,19H2. The van der Waals surface area contributed by atoms with Gasteiger partial charge >= 0.3 is 0 Å². The van der Waals surface area contributed by atoms with E-state index in [0.29, 0.717) is 17.7 Å². The fourth-order valence-electron chi connectivity index (χ4n) is 2.56. The van der Waals surface area contributed by atoms with E-state index >= 15 is 0 Å². The zero-order valence-corrected chi connectivity index (χ0v) is 13.2. The van der Waals surface area contributed by atoms with Crippen molar-refractivity contribution in [2.75, 3.05) is 12.3 Å². The van der Waals surface area contributed by atoms with E-state index in [1.165, 1.54) is 11.1 Å². The lowest BCUT2D eigenvalue weighted by atomic mass is 10.00. The number of hydrogen-bond donors (Lipinski definition) is 1. The molecule has 108 valence electrons. The molecule has 0 fully saturated rings.